The van der Waals surface area contributed by atoms with Crippen LogP contribution in [0.1, 0.15) is 19.2 Å². The number of thioether (sulfide) groups is 1. The molecule has 3 rings (SSSR count). The largest absolute Gasteiger partial charge is 0.486 e. The minimum Gasteiger partial charge on any atom is -0.486 e. The van der Waals surface area contributed by atoms with Crippen molar-refractivity contribution in [2.75, 3.05) is 0 Å². The molecule has 1 aromatic heterocycles. The average molecular weight is 380 g/mol. The van der Waals surface area contributed by atoms with E-state index in [9.17, 15) is 4.79 Å². The van der Waals surface area contributed by atoms with Gasteiger partial charge in [0.05, 0.1) is 0 Å². The van der Waals surface area contributed by atoms with Crippen LogP contribution < -0.4 is 4.74 Å². The van der Waals surface area contributed by atoms with Crippen molar-refractivity contribution in [3.63, 3.8) is 0 Å². The first kappa shape index (κ1) is 17.8. The van der Waals surface area contributed by atoms with Crippen LogP contribution in [0, 0.1) is 0 Å². The Balaban J connectivity index is 1.71. The molecule has 1 aliphatic rings. The summed E-state index contributed by atoms with van der Waals surface area (Å²) in [6, 6.07) is 7.11. The van der Waals surface area contributed by atoms with Crippen molar-refractivity contribution in [2.45, 2.75) is 43.0 Å². The Morgan fingerprint density at radius 2 is 2.20 bits per heavy atom. The molecule has 0 N–H and O–H groups in total. The van der Waals surface area contributed by atoms with Gasteiger partial charge in [-0.1, -0.05) is 29.4 Å². The first-order chi connectivity index (χ1) is 12.1. The summed E-state index contributed by atoms with van der Waals surface area (Å²) in [6.45, 7) is 6.45. The number of hydrogen-bond donors (Lipinski definition) is 0. The van der Waals surface area contributed by atoms with E-state index in [-0.39, 0.29) is 23.9 Å². The Kier molecular flexibility index (Phi) is 5.65. The summed E-state index contributed by atoms with van der Waals surface area (Å²) in [5.74, 6) is 1.15. The van der Waals surface area contributed by atoms with Crippen LogP contribution in [0.15, 0.2) is 42.1 Å². The highest BCUT2D eigenvalue weighted by Crippen LogP contribution is 2.31. The van der Waals surface area contributed by atoms with Gasteiger partial charge in [0.25, 0.3) is 0 Å². The lowest BCUT2D eigenvalue weighted by atomic mass is 10.3. The van der Waals surface area contributed by atoms with Gasteiger partial charge in [-0.2, -0.15) is 0 Å². The summed E-state index contributed by atoms with van der Waals surface area (Å²) in [4.78, 5) is 11.8. The number of esters is 1. The number of hydrogen-bond acceptors (Lipinski definition) is 6. The first-order valence-corrected chi connectivity index (χ1v) is 9.11. The Bertz CT molecular complexity index is 763. The van der Waals surface area contributed by atoms with E-state index in [4.69, 9.17) is 21.1 Å². The van der Waals surface area contributed by atoms with Gasteiger partial charge >= 0.3 is 5.97 Å². The van der Waals surface area contributed by atoms with Gasteiger partial charge in [-0.15, -0.1) is 16.8 Å². The maximum atomic E-state index is 11.8. The third-order valence-corrected chi connectivity index (χ3v) is 5.09. The summed E-state index contributed by atoms with van der Waals surface area (Å²) in [5.41, 5.74) is 0. The quantitative estimate of drug-likeness (QED) is 0.542. The maximum absolute atomic E-state index is 11.8. The van der Waals surface area contributed by atoms with E-state index in [1.807, 2.05) is 11.5 Å². The Morgan fingerprint density at radius 3 is 2.84 bits per heavy atom. The van der Waals surface area contributed by atoms with Gasteiger partial charge in [-0.3, -0.25) is 9.36 Å². The minimum absolute atomic E-state index is 0.0616. The molecule has 8 heteroatoms. The first-order valence-electron chi connectivity index (χ1n) is 7.85. The highest BCUT2D eigenvalue weighted by atomic mass is 35.5. The fourth-order valence-electron chi connectivity index (χ4n) is 2.45. The fourth-order valence-corrected chi connectivity index (χ4v) is 3.74. The van der Waals surface area contributed by atoms with Crippen molar-refractivity contribution >= 4 is 29.3 Å². The standard InChI is InChI=1S/C17H18ClN3O3S/c1-3-8-21-15(10-23-13-6-4-12(18)5-7-13)19-20-17(21)25-14-9-11(2)24-16(14)22/h3-7,11,14H,1,8-10H2,2H3. The van der Waals surface area contributed by atoms with E-state index in [1.165, 1.54) is 11.8 Å². The molecular formula is C17H18ClN3O3S. The second-order valence-corrected chi connectivity index (χ2v) is 7.24. The molecule has 2 unspecified atom stereocenters. The van der Waals surface area contributed by atoms with E-state index in [2.05, 4.69) is 16.8 Å². The number of cyclic esters (lactones) is 1. The molecule has 0 radical (unpaired) electrons. The summed E-state index contributed by atoms with van der Waals surface area (Å²) in [5, 5.41) is 9.45. The molecule has 0 saturated carbocycles. The smallest absolute Gasteiger partial charge is 0.319 e. The number of ether oxygens (including phenoxy) is 2. The second-order valence-electron chi connectivity index (χ2n) is 5.63. The third-order valence-electron chi connectivity index (χ3n) is 3.66. The molecule has 0 aliphatic carbocycles. The fraction of sp³-hybridized carbons (Fsp3) is 0.353. The lowest BCUT2D eigenvalue weighted by Crippen LogP contribution is -2.12. The van der Waals surface area contributed by atoms with Crippen molar-refractivity contribution in [2.24, 2.45) is 0 Å². The molecule has 132 valence electrons. The number of aromatic nitrogens is 3. The number of halogens is 1. The van der Waals surface area contributed by atoms with Gasteiger partial charge in [-0.25, -0.2) is 0 Å². The van der Waals surface area contributed by atoms with Crippen molar-refractivity contribution in [1.82, 2.24) is 14.8 Å². The molecule has 2 aromatic rings. The summed E-state index contributed by atoms with van der Waals surface area (Å²) in [6.07, 6.45) is 2.36. The van der Waals surface area contributed by atoms with Crippen LogP contribution in [-0.2, 0) is 22.7 Å². The van der Waals surface area contributed by atoms with Crippen molar-refractivity contribution in [1.29, 1.82) is 0 Å². The summed E-state index contributed by atoms with van der Waals surface area (Å²) < 4.78 is 12.8. The van der Waals surface area contributed by atoms with Crippen LogP contribution in [-0.4, -0.2) is 32.1 Å². The lowest BCUT2D eigenvalue weighted by molar-refractivity contribution is -0.140. The highest BCUT2D eigenvalue weighted by molar-refractivity contribution is 8.00. The summed E-state index contributed by atoms with van der Waals surface area (Å²) >= 11 is 7.24. The molecule has 6 nitrogen and oxygen atoms in total. The number of rotatable bonds is 7. The normalized spacial score (nSPS) is 19.7. The van der Waals surface area contributed by atoms with Gasteiger partial charge in [0.15, 0.2) is 11.0 Å². The maximum Gasteiger partial charge on any atom is 0.319 e. The van der Waals surface area contributed by atoms with E-state index in [0.29, 0.717) is 34.7 Å². The van der Waals surface area contributed by atoms with Gasteiger partial charge < -0.3 is 9.47 Å². The molecule has 0 bridgehead atoms. The molecule has 0 amide bonds. The monoisotopic (exact) mass is 379 g/mol. The number of nitrogens with zero attached hydrogens (tertiary/aromatic N) is 3. The zero-order chi connectivity index (χ0) is 17.8. The second kappa shape index (κ2) is 7.93. The molecule has 1 fully saturated rings. The molecule has 2 heterocycles. The average Bonchev–Trinajstić information content (AvgIpc) is 3.11. The van der Waals surface area contributed by atoms with E-state index < -0.39 is 0 Å². The lowest BCUT2D eigenvalue weighted by Gasteiger charge is -2.10. The molecule has 1 aliphatic heterocycles. The third kappa shape index (κ3) is 4.35. The van der Waals surface area contributed by atoms with Crippen LogP contribution in [0.5, 0.6) is 5.75 Å². The van der Waals surface area contributed by atoms with Crippen molar-refractivity contribution in [3.8, 4) is 5.75 Å². The zero-order valence-corrected chi connectivity index (χ0v) is 15.3. The van der Waals surface area contributed by atoms with E-state index in [1.54, 1.807) is 30.3 Å². The predicted octanol–water partition coefficient (Wildman–Crippen LogP) is 3.49. The van der Waals surface area contributed by atoms with Gasteiger partial charge in [0, 0.05) is 18.0 Å². The molecular weight excluding hydrogens is 362 g/mol. The number of benzene rings is 1. The topological polar surface area (TPSA) is 66.2 Å². The van der Waals surface area contributed by atoms with Crippen LogP contribution in [0.2, 0.25) is 5.02 Å². The molecule has 0 spiro atoms. The van der Waals surface area contributed by atoms with E-state index in [0.717, 1.165) is 0 Å². The number of carbonyl (C=O) groups excluding carboxylic acids is 1. The minimum atomic E-state index is -0.257. The van der Waals surface area contributed by atoms with Crippen LogP contribution in [0.4, 0.5) is 0 Å². The number of allylic oxidation sites excluding steroid dienone is 1. The Morgan fingerprint density at radius 1 is 1.44 bits per heavy atom. The van der Waals surface area contributed by atoms with Crippen LogP contribution >= 0.6 is 23.4 Å². The van der Waals surface area contributed by atoms with Gasteiger partial charge in [0.2, 0.25) is 0 Å². The zero-order valence-electron chi connectivity index (χ0n) is 13.7. The Labute approximate surface area is 155 Å². The molecule has 2 atom stereocenters. The van der Waals surface area contributed by atoms with Crippen molar-refractivity contribution < 1.29 is 14.3 Å². The predicted molar refractivity (Wildman–Crippen MR) is 95.8 cm³/mol. The molecule has 25 heavy (non-hydrogen) atoms. The highest BCUT2D eigenvalue weighted by Gasteiger charge is 2.34. The van der Waals surface area contributed by atoms with Crippen LogP contribution in [0.25, 0.3) is 0 Å². The molecule has 1 saturated heterocycles. The SMILES string of the molecule is C=CCn1c(COc2ccc(Cl)cc2)nnc1SC1CC(C)OC1=O. The molecule has 1 aromatic carbocycles. The van der Waals surface area contributed by atoms with E-state index >= 15 is 0 Å². The van der Waals surface area contributed by atoms with Crippen molar-refractivity contribution in [3.05, 3.63) is 47.8 Å². The number of carbonyl (C=O) groups is 1. The van der Waals surface area contributed by atoms with Gasteiger partial charge in [0.1, 0.15) is 23.7 Å². The van der Waals surface area contributed by atoms with Gasteiger partial charge in [-0.05, 0) is 31.2 Å². The summed E-state index contributed by atoms with van der Waals surface area (Å²) in [7, 11) is 0. The Hall–Kier alpha value is -1.99. The van der Waals surface area contributed by atoms with Crippen LogP contribution in [0.3, 0.4) is 0 Å².